The quantitative estimate of drug-likeness (QED) is 0.393. The first kappa shape index (κ1) is 18.6. The molecule has 0 spiro atoms. The number of aliphatic imine (C=N–C) groups is 1. The third kappa shape index (κ3) is 6.04. The summed E-state index contributed by atoms with van der Waals surface area (Å²) in [6.45, 7) is 8.25. The predicted molar refractivity (Wildman–Crippen MR) is 98.6 cm³/mol. The van der Waals surface area contributed by atoms with Crippen LogP contribution in [0.2, 0.25) is 0 Å². The van der Waals surface area contributed by atoms with Gasteiger partial charge in [0.2, 0.25) is 0 Å². The number of methoxy groups -OCH3 is 1. The summed E-state index contributed by atoms with van der Waals surface area (Å²) < 4.78 is 10.8. The Morgan fingerprint density at radius 2 is 2.08 bits per heavy atom. The molecule has 0 atom stereocenters. The zero-order chi connectivity index (χ0) is 17.3. The Kier molecular flexibility index (Phi) is 7.37. The van der Waals surface area contributed by atoms with Crippen LogP contribution < -0.4 is 15.4 Å². The number of rotatable bonds is 10. The molecular formula is C19H31N3O2. The Hall–Kier alpha value is -1.75. The minimum atomic E-state index is 0.404. The largest absolute Gasteiger partial charge is 0.497 e. The molecule has 0 radical (unpaired) electrons. The number of hydrogen-bond acceptors (Lipinski definition) is 3. The number of ether oxygens (including phenoxy) is 2. The van der Waals surface area contributed by atoms with Crippen LogP contribution in [0.5, 0.6) is 5.75 Å². The summed E-state index contributed by atoms with van der Waals surface area (Å²) >= 11 is 0. The Labute approximate surface area is 145 Å². The van der Waals surface area contributed by atoms with Crippen molar-refractivity contribution in [3.05, 3.63) is 29.8 Å². The second-order valence-electron chi connectivity index (χ2n) is 6.35. The summed E-state index contributed by atoms with van der Waals surface area (Å²) in [5.41, 5.74) is 1.55. The molecule has 24 heavy (non-hydrogen) atoms. The lowest BCUT2D eigenvalue weighted by Crippen LogP contribution is -2.40. The van der Waals surface area contributed by atoms with Gasteiger partial charge in [-0.15, -0.1) is 0 Å². The average molecular weight is 333 g/mol. The van der Waals surface area contributed by atoms with Crippen molar-refractivity contribution >= 4 is 5.96 Å². The van der Waals surface area contributed by atoms with Crippen molar-refractivity contribution in [3.8, 4) is 5.75 Å². The molecule has 1 fully saturated rings. The molecule has 2 N–H and O–H groups in total. The van der Waals surface area contributed by atoms with E-state index in [1.54, 1.807) is 7.11 Å². The number of benzene rings is 1. The molecule has 134 valence electrons. The Bertz CT molecular complexity index is 527. The first-order valence-electron chi connectivity index (χ1n) is 8.94. The van der Waals surface area contributed by atoms with E-state index in [9.17, 15) is 0 Å². The minimum Gasteiger partial charge on any atom is -0.497 e. The zero-order valence-corrected chi connectivity index (χ0v) is 15.2. The lowest BCUT2D eigenvalue weighted by Gasteiger charge is -2.18. The third-order valence-corrected chi connectivity index (χ3v) is 4.47. The maximum absolute atomic E-state index is 5.51. The van der Waals surface area contributed by atoms with Gasteiger partial charge in [0.05, 0.1) is 13.7 Å². The van der Waals surface area contributed by atoms with Crippen molar-refractivity contribution < 1.29 is 9.47 Å². The van der Waals surface area contributed by atoms with Crippen LogP contribution in [0, 0.1) is 5.41 Å². The van der Waals surface area contributed by atoms with E-state index in [4.69, 9.17) is 14.5 Å². The van der Waals surface area contributed by atoms with Crippen molar-refractivity contribution in [2.45, 2.75) is 39.7 Å². The van der Waals surface area contributed by atoms with E-state index >= 15 is 0 Å². The highest BCUT2D eigenvalue weighted by atomic mass is 16.5. The van der Waals surface area contributed by atoms with E-state index in [1.807, 2.05) is 25.1 Å². The van der Waals surface area contributed by atoms with E-state index in [2.05, 4.69) is 23.6 Å². The molecule has 0 amide bonds. The van der Waals surface area contributed by atoms with Crippen molar-refractivity contribution in [1.82, 2.24) is 10.6 Å². The SMILES string of the molecule is CCNC(=NCc1cccc(OC)c1)NCC1(CCOCC)CC1. The standard InChI is InChI=1S/C19H31N3O2/c1-4-20-18(21-14-16-7-6-8-17(13-16)23-3)22-15-19(9-10-19)11-12-24-5-2/h6-8,13H,4-5,9-12,14-15H2,1-3H3,(H2,20,21,22). The molecule has 0 saturated heterocycles. The van der Waals surface area contributed by atoms with Crippen LogP contribution in [-0.2, 0) is 11.3 Å². The zero-order valence-electron chi connectivity index (χ0n) is 15.2. The topological polar surface area (TPSA) is 54.9 Å². The fraction of sp³-hybridized carbons (Fsp3) is 0.632. The van der Waals surface area contributed by atoms with E-state index in [0.717, 1.165) is 50.0 Å². The van der Waals surface area contributed by atoms with Gasteiger partial charge >= 0.3 is 0 Å². The molecule has 1 aliphatic carbocycles. The molecule has 0 unspecified atom stereocenters. The van der Waals surface area contributed by atoms with Gasteiger partial charge in [-0.3, -0.25) is 0 Å². The number of hydrogen-bond donors (Lipinski definition) is 2. The van der Waals surface area contributed by atoms with Gasteiger partial charge in [0.25, 0.3) is 0 Å². The molecule has 1 aromatic rings. The maximum atomic E-state index is 5.51. The number of guanidine groups is 1. The number of nitrogens with zero attached hydrogens (tertiary/aromatic N) is 1. The van der Waals surface area contributed by atoms with Crippen molar-refractivity contribution in [1.29, 1.82) is 0 Å². The van der Waals surface area contributed by atoms with Crippen molar-refractivity contribution in [2.24, 2.45) is 10.4 Å². The summed E-state index contributed by atoms with van der Waals surface area (Å²) in [5.74, 6) is 1.75. The molecule has 5 heteroatoms. The fourth-order valence-corrected chi connectivity index (χ4v) is 2.68. The highest BCUT2D eigenvalue weighted by molar-refractivity contribution is 5.79. The summed E-state index contributed by atoms with van der Waals surface area (Å²) in [5, 5.41) is 6.83. The molecule has 0 bridgehead atoms. The highest BCUT2D eigenvalue weighted by Gasteiger charge is 2.41. The molecular weight excluding hydrogens is 302 g/mol. The molecule has 0 aromatic heterocycles. The monoisotopic (exact) mass is 333 g/mol. The van der Waals surface area contributed by atoms with E-state index < -0.39 is 0 Å². The predicted octanol–water partition coefficient (Wildman–Crippen LogP) is 2.96. The van der Waals surface area contributed by atoms with Gasteiger partial charge in [-0.25, -0.2) is 4.99 Å². The van der Waals surface area contributed by atoms with Crippen LogP contribution in [0.1, 0.15) is 38.7 Å². The van der Waals surface area contributed by atoms with Gasteiger partial charge in [-0.05, 0) is 56.2 Å². The molecule has 1 saturated carbocycles. The van der Waals surface area contributed by atoms with Gasteiger partial charge < -0.3 is 20.1 Å². The van der Waals surface area contributed by atoms with Crippen LogP contribution in [0.4, 0.5) is 0 Å². The Balaban J connectivity index is 1.86. The van der Waals surface area contributed by atoms with Crippen LogP contribution in [0.15, 0.2) is 29.3 Å². The van der Waals surface area contributed by atoms with Gasteiger partial charge in [-0.1, -0.05) is 12.1 Å². The lowest BCUT2D eigenvalue weighted by molar-refractivity contribution is 0.128. The second kappa shape index (κ2) is 9.52. The first-order chi connectivity index (χ1) is 11.7. The summed E-state index contributed by atoms with van der Waals surface area (Å²) in [6.07, 6.45) is 3.69. The minimum absolute atomic E-state index is 0.404. The van der Waals surface area contributed by atoms with Gasteiger partial charge in [-0.2, -0.15) is 0 Å². The molecule has 5 nitrogen and oxygen atoms in total. The highest BCUT2D eigenvalue weighted by Crippen LogP contribution is 2.48. The fourth-order valence-electron chi connectivity index (χ4n) is 2.68. The third-order valence-electron chi connectivity index (χ3n) is 4.47. The van der Waals surface area contributed by atoms with E-state index in [1.165, 1.54) is 12.8 Å². The number of nitrogens with one attached hydrogen (secondary N) is 2. The van der Waals surface area contributed by atoms with Crippen LogP contribution >= 0.6 is 0 Å². The van der Waals surface area contributed by atoms with Crippen LogP contribution in [0.3, 0.4) is 0 Å². The van der Waals surface area contributed by atoms with Crippen LogP contribution in [-0.4, -0.2) is 39.4 Å². The second-order valence-corrected chi connectivity index (χ2v) is 6.35. The molecule has 1 aliphatic rings. The Morgan fingerprint density at radius 3 is 2.75 bits per heavy atom. The maximum Gasteiger partial charge on any atom is 0.191 e. The van der Waals surface area contributed by atoms with Gasteiger partial charge in [0, 0.05) is 26.3 Å². The summed E-state index contributed by atoms with van der Waals surface area (Å²) in [6, 6.07) is 8.04. The van der Waals surface area contributed by atoms with E-state index in [-0.39, 0.29) is 0 Å². The average Bonchev–Trinajstić information content (AvgIpc) is 3.38. The summed E-state index contributed by atoms with van der Waals surface area (Å²) in [4.78, 5) is 4.69. The Morgan fingerprint density at radius 1 is 1.25 bits per heavy atom. The summed E-state index contributed by atoms with van der Waals surface area (Å²) in [7, 11) is 1.69. The van der Waals surface area contributed by atoms with E-state index in [0.29, 0.717) is 12.0 Å². The van der Waals surface area contributed by atoms with Crippen LogP contribution in [0.25, 0.3) is 0 Å². The van der Waals surface area contributed by atoms with Crippen molar-refractivity contribution in [2.75, 3.05) is 33.4 Å². The first-order valence-corrected chi connectivity index (χ1v) is 8.94. The van der Waals surface area contributed by atoms with Crippen molar-refractivity contribution in [3.63, 3.8) is 0 Å². The smallest absolute Gasteiger partial charge is 0.191 e. The molecule has 0 heterocycles. The molecule has 2 rings (SSSR count). The molecule has 0 aliphatic heterocycles. The molecule has 1 aromatic carbocycles. The van der Waals surface area contributed by atoms with Gasteiger partial charge in [0.15, 0.2) is 5.96 Å². The van der Waals surface area contributed by atoms with Gasteiger partial charge in [0.1, 0.15) is 5.75 Å². The normalized spacial score (nSPS) is 15.9. The lowest BCUT2D eigenvalue weighted by atomic mass is 10.0.